The molecule has 2 atom stereocenters. The Balaban J connectivity index is 2.21. The SMILES string of the molecule is N[C@@H]1CCC(=O)N[C@@H]1c1ccc(Br)cc1. The highest BCUT2D eigenvalue weighted by Gasteiger charge is 2.26. The maximum atomic E-state index is 11.3. The number of carbonyl (C=O) groups is 1. The summed E-state index contributed by atoms with van der Waals surface area (Å²) in [6.45, 7) is 0. The van der Waals surface area contributed by atoms with E-state index < -0.39 is 0 Å². The van der Waals surface area contributed by atoms with Crippen molar-refractivity contribution in [2.75, 3.05) is 0 Å². The van der Waals surface area contributed by atoms with Gasteiger partial charge >= 0.3 is 0 Å². The molecular weight excluding hydrogens is 256 g/mol. The summed E-state index contributed by atoms with van der Waals surface area (Å²) in [7, 11) is 0. The van der Waals surface area contributed by atoms with Crippen LogP contribution in [0, 0.1) is 0 Å². The van der Waals surface area contributed by atoms with Gasteiger partial charge in [0.2, 0.25) is 5.91 Å². The summed E-state index contributed by atoms with van der Waals surface area (Å²) >= 11 is 3.38. The van der Waals surface area contributed by atoms with Crippen LogP contribution >= 0.6 is 15.9 Å². The smallest absolute Gasteiger partial charge is 0.220 e. The number of hydrogen-bond donors (Lipinski definition) is 2. The van der Waals surface area contributed by atoms with Crippen molar-refractivity contribution < 1.29 is 4.79 Å². The predicted octanol–water partition coefficient (Wildman–Crippen LogP) is 1.73. The van der Waals surface area contributed by atoms with Crippen molar-refractivity contribution in [1.82, 2.24) is 5.32 Å². The topological polar surface area (TPSA) is 55.1 Å². The van der Waals surface area contributed by atoms with Gasteiger partial charge in [0.05, 0.1) is 6.04 Å². The predicted molar refractivity (Wildman–Crippen MR) is 62.2 cm³/mol. The van der Waals surface area contributed by atoms with E-state index in [0.717, 1.165) is 16.5 Å². The fourth-order valence-electron chi connectivity index (χ4n) is 1.82. The van der Waals surface area contributed by atoms with E-state index in [1.54, 1.807) is 0 Å². The maximum Gasteiger partial charge on any atom is 0.220 e. The summed E-state index contributed by atoms with van der Waals surface area (Å²) in [5.74, 6) is 0.0876. The van der Waals surface area contributed by atoms with Gasteiger partial charge in [-0.1, -0.05) is 28.1 Å². The first kappa shape index (κ1) is 10.6. The van der Waals surface area contributed by atoms with Crippen LogP contribution in [-0.4, -0.2) is 11.9 Å². The zero-order valence-electron chi connectivity index (χ0n) is 8.24. The molecule has 1 amide bonds. The van der Waals surface area contributed by atoms with Crippen LogP contribution in [-0.2, 0) is 4.79 Å². The van der Waals surface area contributed by atoms with Crippen LogP contribution < -0.4 is 11.1 Å². The second-order valence-corrected chi connectivity index (χ2v) is 4.71. The minimum atomic E-state index is -0.0423. The minimum absolute atomic E-state index is 0.0175. The Hall–Kier alpha value is -0.870. The van der Waals surface area contributed by atoms with Gasteiger partial charge in [-0.25, -0.2) is 0 Å². The van der Waals surface area contributed by atoms with Gasteiger partial charge in [-0.15, -0.1) is 0 Å². The van der Waals surface area contributed by atoms with Crippen LogP contribution in [0.5, 0.6) is 0 Å². The van der Waals surface area contributed by atoms with E-state index in [9.17, 15) is 4.79 Å². The van der Waals surface area contributed by atoms with E-state index in [2.05, 4.69) is 21.2 Å². The maximum absolute atomic E-state index is 11.3. The molecule has 1 aliphatic rings. The zero-order chi connectivity index (χ0) is 10.8. The second-order valence-electron chi connectivity index (χ2n) is 3.80. The number of halogens is 1. The summed E-state index contributed by atoms with van der Waals surface area (Å²) in [5, 5.41) is 2.92. The number of benzene rings is 1. The quantitative estimate of drug-likeness (QED) is 0.815. The van der Waals surface area contributed by atoms with E-state index in [4.69, 9.17) is 5.73 Å². The Morgan fingerprint density at radius 3 is 2.67 bits per heavy atom. The van der Waals surface area contributed by atoms with Crippen molar-refractivity contribution in [3.05, 3.63) is 34.3 Å². The average Bonchev–Trinajstić information content (AvgIpc) is 2.23. The number of nitrogens with one attached hydrogen (secondary N) is 1. The third-order valence-electron chi connectivity index (χ3n) is 2.68. The molecule has 4 heteroatoms. The van der Waals surface area contributed by atoms with Crippen molar-refractivity contribution in [2.24, 2.45) is 5.73 Å². The molecule has 0 bridgehead atoms. The summed E-state index contributed by atoms with van der Waals surface area (Å²) in [6.07, 6.45) is 1.29. The van der Waals surface area contributed by atoms with Gasteiger partial charge in [0.15, 0.2) is 0 Å². The molecule has 1 fully saturated rings. The van der Waals surface area contributed by atoms with Gasteiger partial charge in [0.25, 0.3) is 0 Å². The minimum Gasteiger partial charge on any atom is -0.348 e. The third kappa shape index (κ3) is 2.38. The van der Waals surface area contributed by atoms with E-state index in [1.807, 2.05) is 24.3 Å². The lowest BCUT2D eigenvalue weighted by Gasteiger charge is -2.29. The molecule has 2 rings (SSSR count). The first-order valence-electron chi connectivity index (χ1n) is 4.97. The lowest BCUT2D eigenvalue weighted by molar-refractivity contribution is -0.123. The second kappa shape index (κ2) is 4.33. The van der Waals surface area contributed by atoms with Crippen LogP contribution in [0.15, 0.2) is 28.7 Å². The van der Waals surface area contributed by atoms with Crippen LogP contribution in [0.1, 0.15) is 24.4 Å². The van der Waals surface area contributed by atoms with Gasteiger partial charge in [0.1, 0.15) is 0 Å². The molecule has 0 radical (unpaired) electrons. The van der Waals surface area contributed by atoms with E-state index in [-0.39, 0.29) is 18.0 Å². The van der Waals surface area contributed by atoms with Gasteiger partial charge in [-0.05, 0) is 24.1 Å². The molecule has 1 aromatic rings. The number of carbonyl (C=O) groups excluding carboxylic acids is 1. The highest BCUT2D eigenvalue weighted by atomic mass is 79.9. The molecule has 1 heterocycles. The molecule has 0 saturated carbocycles. The summed E-state index contributed by atoms with van der Waals surface area (Å²) < 4.78 is 1.03. The molecule has 0 aliphatic carbocycles. The Morgan fingerprint density at radius 1 is 1.33 bits per heavy atom. The fraction of sp³-hybridized carbons (Fsp3) is 0.364. The molecule has 3 nitrogen and oxygen atoms in total. The van der Waals surface area contributed by atoms with Gasteiger partial charge in [-0.3, -0.25) is 4.79 Å². The van der Waals surface area contributed by atoms with Crippen molar-refractivity contribution >= 4 is 21.8 Å². The van der Waals surface area contributed by atoms with E-state index >= 15 is 0 Å². The zero-order valence-corrected chi connectivity index (χ0v) is 9.83. The van der Waals surface area contributed by atoms with E-state index in [0.29, 0.717) is 6.42 Å². The van der Waals surface area contributed by atoms with Crippen molar-refractivity contribution in [2.45, 2.75) is 24.9 Å². The molecule has 3 N–H and O–H groups in total. The molecule has 15 heavy (non-hydrogen) atoms. The van der Waals surface area contributed by atoms with Crippen LogP contribution in [0.3, 0.4) is 0 Å². The van der Waals surface area contributed by atoms with Crippen molar-refractivity contribution in [3.8, 4) is 0 Å². The number of rotatable bonds is 1. The fourth-order valence-corrected chi connectivity index (χ4v) is 2.08. The van der Waals surface area contributed by atoms with Crippen LogP contribution in [0.4, 0.5) is 0 Å². The van der Waals surface area contributed by atoms with Crippen molar-refractivity contribution in [1.29, 1.82) is 0 Å². The first-order valence-corrected chi connectivity index (χ1v) is 5.76. The van der Waals surface area contributed by atoms with Crippen LogP contribution in [0.25, 0.3) is 0 Å². The Morgan fingerprint density at radius 2 is 2.00 bits per heavy atom. The highest BCUT2D eigenvalue weighted by molar-refractivity contribution is 9.10. The van der Waals surface area contributed by atoms with Gasteiger partial charge < -0.3 is 11.1 Å². The summed E-state index contributed by atoms with van der Waals surface area (Å²) in [4.78, 5) is 11.3. The third-order valence-corrected chi connectivity index (χ3v) is 3.21. The molecule has 1 aliphatic heterocycles. The van der Waals surface area contributed by atoms with Crippen molar-refractivity contribution in [3.63, 3.8) is 0 Å². The number of hydrogen-bond acceptors (Lipinski definition) is 2. The van der Waals surface area contributed by atoms with E-state index in [1.165, 1.54) is 0 Å². The van der Waals surface area contributed by atoms with Gasteiger partial charge in [0, 0.05) is 16.9 Å². The van der Waals surface area contributed by atoms with Crippen LogP contribution in [0.2, 0.25) is 0 Å². The molecular formula is C11H13BrN2O. The summed E-state index contributed by atoms with van der Waals surface area (Å²) in [5.41, 5.74) is 7.05. The average molecular weight is 269 g/mol. The molecule has 0 aromatic heterocycles. The Bertz CT molecular complexity index is 363. The largest absolute Gasteiger partial charge is 0.348 e. The first-order chi connectivity index (χ1) is 7.16. The Kier molecular flexibility index (Phi) is 3.07. The highest BCUT2D eigenvalue weighted by Crippen LogP contribution is 2.23. The molecule has 0 spiro atoms. The standard InChI is InChI=1S/C11H13BrN2O/c12-8-3-1-7(2-4-8)11-9(13)5-6-10(15)14-11/h1-4,9,11H,5-6,13H2,(H,14,15)/t9-,11-/m1/s1. The summed E-state index contributed by atoms with van der Waals surface area (Å²) in [6, 6.07) is 7.87. The number of amides is 1. The normalized spacial score (nSPS) is 26.1. The van der Waals surface area contributed by atoms with Gasteiger partial charge in [-0.2, -0.15) is 0 Å². The lowest BCUT2D eigenvalue weighted by Crippen LogP contribution is -2.45. The number of nitrogens with two attached hydrogens (primary N) is 1. The monoisotopic (exact) mass is 268 g/mol. The molecule has 80 valence electrons. The molecule has 1 aromatic carbocycles. The Labute approximate surface area is 97.2 Å². The number of piperidine rings is 1. The molecule has 1 saturated heterocycles. The molecule has 0 unspecified atom stereocenters. The lowest BCUT2D eigenvalue weighted by atomic mass is 9.93.